The van der Waals surface area contributed by atoms with Crippen LogP contribution in [-0.2, 0) is 0 Å². The van der Waals surface area contributed by atoms with Crippen LogP contribution in [0.25, 0.3) is 0 Å². The van der Waals surface area contributed by atoms with Crippen molar-refractivity contribution in [1.29, 1.82) is 0 Å². The van der Waals surface area contributed by atoms with E-state index in [1.165, 1.54) is 25.3 Å². The van der Waals surface area contributed by atoms with Gasteiger partial charge in [-0.25, -0.2) is 4.39 Å². The van der Waals surface area contributed by atoms with E-state index in [2.05, 4.69) is 18.7 Å². The van der Waals surface area contributed by atoms with Crippen LogP contribution < -0.4 is 10.6 Å². The predicted molar refractivity (Wildman–Crippen MR) is 78.8 cm³/mol. The molecule has 1 fully saturated rings. The maximum atomic E-state index is 13.4. The normalized spacial score (nSPS) is 21.0. The summed E-state index contributed by atoms with van der Waals surface area (Å²) in [5.41, 5.74) is 8.42. The quantitative estimate of drug-likeness (QED) is 0.878. The Morgan fingerprint density at radius 3 is 2.68 bits per heavy atom. The molecule has 0 aromatic heterocycles. The van der Waals surface area contributed by atoms with Crippen LogP contribution in [-0.4, -0.2) is 13.1 Å². The first kappa shape index (κ1) is 14.3. The van der Waals surface area contributed by atoms with Crippen molar-refractivity contribution in [3.8, 4) is 0 Å². The second-order valence-corrected chi connectivity index (χ2v) is 6.50. The Hall–Kier alpha value is -1.09. The van der Waals surface area contributed by atoms with E-state index in [4.69, 9.17) is 5.73 Å². The molecule has 0 saturated carbocycles. The summed E-state index contributed by atoms with van der Waals surface area (Å²) >= 11 is 0. The van der Waals surface area contributed by atoms with E-state index in [0.29, 0.717) is 5.41 Å². The number of hydrogen-bond donors (Lipinski definition) is 1. The van der Waals surface area contributed by atoms with E-state index in [1.54, 1.807) is 6.07 Å². The Morgan fingerprint density at radius 1 is 1.26 bits per heavy atom. The number of benzene rings is 1. The molecule has 2 rings (SSSR count). The van der Waals surface area contributed by atoms with Gasteiger partial charge in [0.1, 0.15) is 5.82 Å². The highest BCUT2D eigenvalue weighted by Gasteiger charge is 2.24. The molecule has 1 saturated heterocycles. The van der Waals surface area contributed by atoms with Crippen molar-refractivity contribution in [2.75, 3.05) is 18.0 Å². The van der Waals surface area contributed by atoms with E-state index < -0.39 is 0 Å². The summed E-state index contributed by atoms with van der Waals surface area (Å²) in [5.74, 6) is -0.203. The summed E-state index contributed by atoms with van der Waals surface area (Å²) in [4.78, 5) is 2.37. The standard InChI is InChI=1S/C16H25FN2/c1-12(18)14-11-13(17)5-6-15(14)19-9-4-7-16(2,3)8-10-19/h5-6,11-12H,4,7-10,18H2,1-3H3. The molecule has 0 aliphatic carbocycles. The van der Waals surface area contributed by atoms with Crippen LogP contribution >= 0.6 is 0 Å². The van der Waals surface area contributed by atoms with E-state index >= 15 is 0 Å². The number of nitrogens with two attached hydrogens (primary N) is 1. The highest BCUT2D eigenvalue weighted by atomic mass is 19.1. The van der Waals surface area contributed by atoms with E-state index in [9.17, 15) is 4.39 Å². The lowest BCUT2D eigenvalue weighted by atomic mass is 9.85. The average Bonchev–Trinajstić information content (AvgIpc) is 2.50. The van der Waals surface area contributed by atoms with Crippen molar-refractivity contribution < 1.29 is 4.39 Å². The molecule has 0 amide bonds. The first-order valence-corrected chi connectivity index (χ1v) is 7.19. The topological polar surface area (TPSA) is 29.3 Å². The van der Waals surface area contributed by atoms with Crippen molar-refractivity contribution in [3.05, 3.63) is 29.6 Å². The molecule has 1 aliphatic heterocycles. The molecule has 1 heterocycles. The van der Waals surface area contributed by atoms with Gasteiger partial charge >= 0.3 is 0 Å². The van der Waals surface area contributed by atoms with Gasteiger partial charge < -0.3 is 10.6 Å². The third-order valence-electron chi connectivity index (χ3n) is 4.16. The fraction of sp³-hybridized carbons (Fsp3) is 0.625. The molecule has 1 aliphatic rings. The SMILES string of the molecule is CC(N)c1cc(F)ccc1N1CCCC(C)(C)CC1. The number of halogens is 1. The molecule has 0 bridgehead atoms. The maximum absolute atomic E-state index is 13.4. The van der Waals surface area contributed by atoms with Gasteiger partial charge in [0.25, 0.3) is 0 Å². The Kier molecular flexibility index (Phi) is 4.14. The molecule has 1 atom stereocenters. The number of nitrogens with zero attached hydrogens (tertiary/aromatic N) is 1. The smallest absolute Gasteiger partial charge is 0.123 e. The molecule has 106 valence electrons. The van der Waals surface area contributed by atoms with Crippen LogP contribution in [0.2, 0.25) is 0 Å². The zero-order valence-corrected chi connectivity index (χ0v) is 12.2. The minimum Gasteiger partial charge on any atom is -0.371 e. The molecule has 19 heavy (non-hydrogen) atoms. The van der Waals surface area contributed by atoms with Crippen LogP contribution in [0.4, 0.5) is 10.1 Å². The Balaban J connectivity index is 2.26. The number of hydrogen-bond acceptors (Lipinski definition) is 2. The molecule has 1 unspecified atom stereocenters. The second-order valence-electron chi connectivity index (χ2n) is 6.50. The van der Waals surface area contributed by atoms with Gasteiger partial charge in [0, 0.05) is 24.8 Å². The summed E-state index contributed by atoms with van der Waals surface area (Å²) in [6, 6.07) is 4.86. The van der Waals surface area contributed by atoms with Crippen LogP contribution in [0.3, 0.4) is 0 Å². The predicted octanol–water partition coefficient (Wildman–Crippen LogP) is 3.86. The maximum Gasteiger partial charge on any atom is 0.123 e. The molecular weight excluding hydrogens is 239 g/mol. The highest BCUT2D eigenvalue weighted by Crippen LogP contribution is 2.34. The van der Waals surface area contributed by atoms with E-state index in [1.807, 2.05) is 13.0 Å². The fourth-order valence-corrected chi connectivity index (χ4v) is 2.84. The minimum absolute atomic E-state index is 0.137. The lowest BCUT2D eigenvalue weighted by molar-refractivity contribution is 0.325. The molecule has 2 N–H and O–H groups in total. The van der Waals surface area contributed by atoms with Crippen molar-refractivity contribution in [2.45, 2.75) is 46.1 Å². The molecule has 2 nitrogen and oxygen atoms in total. The number of rotatable bonds is 2. The van der Waals surface area contributed by atoms with Gasteiger partial charge in [-0.1, -0.05) is 13.8 Å². The monoisotopic (exact) mass is 264 g/mol. The molecule has 0 radical (unpaired) electrons. The second kappa shape index (κ2) is 5.49. The molecule has 0 spiro atoms. The van der Waals surface area contributed by atoms with Gasteiger partial charge in [0.05, 0.1) is 0 Å². The summed E-state index contributed by atoms with van der Waals surface area (Å²) in [5, 5.41) is 0. The third kappa shape index (κ3) is 3.47. The molecule has 1 aromatic carbocycles. The Bertz CT molecular complexity index is 440. The summed E-state index contributed by atoms with van der Waals surface area (Å²) in [6.45, 7) is 8.63. The van der Waals surface area contributed by atoms with Gasteiger partial charge in [-0.3, -0.25) is 0 Å². The van der Waals surface area contributed by atoms with E-state index in [0.717, 1.165) is 24.3 Å². The van der Waals surface area contributed by atoms with Crippen LogP contribution in [0.15, 0.2) is 18.2 Å². The van der Waals surface area contributed by atoms with Gasteiger partial charge in [-0.05, 0) is 55.4 Å². The zero-order chi connectivity index (χ0) is 14.0. The van der Waals surface area contributed by atoms with Crippen molar-refractivity contribution in [2.24, 2.45) is 11.1 Å². The van der Waals surface area contributed by atoms with Crippen LogP contribution in [0.5, 0.6) is 0 Å². The third-order valence-corrected chi connectivity index (χ3v) is 4.16. The van der Waals surface area contributed by atoms with Gasteiger partial charge in [-0.15, -0.1) is 0 Å². The summed E-state index contributed by atoms with van der Waals surface area (Å²) in [7, 11) is 0. The minimum atomic E-state index is -0.203. The lowest BCUT2D eigenvalue weighted by Crippen LogP contribution is -2.27. The fourth-order valence-electron chi connectivity index (χ4n) is 2.84. The highest BCUT2D eigenvalue weighted by molar-refractivity contribution is 5.55. The van der Waals surface area contributed by atoms with Gasteiger partial charge in [0.2, 0.25) is 0 Å². The van der Waals surface area contributed by atoms with Gasteiger partial charge in [-0.2, -0.15) is 0 Å². The van der Waals surface area contributed by atoms with E-state index in [-0.39, 0.29) is 11.9 Å². The number of anilines is 1. The Morgan fingerprint density at radius 2 is 2.00 bits per heavy atom. The average molecular weight is 264 g/mol. The summed E-state index contributed by atoms with van der Waals surface area (Å²) < 4.78 is 13.4. The first-order chi connectivity index (χ1) is 8.89. The molecule has 1 aromatic rings. The van der Waals surface area contributed by atoms with Crippen molar-refractivity contribution >= 4 is 5.69 Å². The zero-order valence-electron chi connectivity index (χ0n) is 12.2. The van der Waals surface area contributed by atoms with Crippen molar-refractivity contribution in [3.63, 3.8) is 0 Å². The van der Waals surface area contributed by atoms with Crippen molar-refractivity contribution in [1.82, 2.24) is 0 Å². The first-order valence-electron chi connectivity index (χ1n) is 7.19. The van der Waals surface area contributed by atoms with Crippen LogP contribution in [0, 0.1) is 11.2 Å². The largest absolute Gasteiger partial charge is 0.371 e. The lowest BCUT2D eigenvalue weighted by Gasteiger charge is -2.28. The van der Waals surface area contributed by atoms with Gasteiger partial charge in [0.15, 0.2) is 0 Å². The summed E-state index contributed by atoms with van der Waals surface area (Å²) in [6.07, 6.45) is 3.60. The Labute approximate surface area is 115 Å². The van der Waals surface area contributed by atoms with Crippen LogP contribution in [0.1, 0.15) is 51.6 Å². The molecular formula is C16H25FN2. The molecule has 3 heteroatoms.